The average Bonchev–Trinajstić information content (AvgIpc) is 2.66. The van der Waals surface area contributed by atoms with Crippen molar-refractivity contribution in [2.24, 2.45) is 0 Å². The minimum Gasteiger partial charge on any atom is -0.379 e. The van der Waals surface area contributed by atoms with Crippen molar-refractivity contribution in [1.82, 2.24) is 4.90 Å². The van der Waals surface area contributed by atoms with Gasteiger partial charge in [-0.05, 0) is 18.2 Å². The van der Waals surface area contributed by atoms with Crippen LogP contribution in [0.15, 0.2) is 62.0 Å². The monoisotopic (exact) mass is 389 g/mol. The number of thiol groups is 1. The third kappa shape index (κ3) is 3.78. The van der Waals surface area contributed by atoms with Gasteiger partial charge in [0.25, 0.3) is 0 Å². The first-order chi connectivity index (χ1) is 12.2. The first kappa shape index (κ1) is 17.5. The molecular formula is C19H19NO2S3. The zero-order valence-electron chi connectivity index (χ0n) is 13.7. The molecule has 1 atom stereocenters. The van der Waals surface area contributed by atoms with E-state index in [0.29, 0.717) is 6.42 Å². The maximum absolute atomic E-state index is 13.0. The van der Waals surface area contributed by atoms with Gasteiger partial charge in [-0.2, -0.15) is 12.6 Å². The summed E-state index contributed by atoms with van der Waals surface area (Å²) in [6, 6.07) is 14.4. The van der Waals surface area contributed by atoms with Crippen LogP contribution in [0.25, 0.3) is 0 Å². The molecule has 6 heteroatoms. The topological polar surface area (TPSA) is 29.5 Å². The van der Waals surface area contributed by atoms with E-state index in [1.165, 1.54) is 9.79 Å². The Morgan fingerprint density at radius 3 is 2.48 bits per heavy atom. The van der Waals surface area contributed by atoms with Gasteiger partial charge < -0.3 is 4.74 Å². The first-order valence-corrected chi connectivity index (χ1v) is 10.5. The molecule has 130 valence electrons. The molecule has 2 heterocycles. The third-order valence-electron chi connectivity index (χ3n) is 4.40. The minimum atomic E-state index is -0.0548. The van der Waals surface area contributed by atoms with E-state index in [1.807, 2.05) is 18.2 Å². The van der Waals surface area contributed by atoms with Gasteiger partial charge in [-0.15, -0.1) is 0 Å². The van der Waals surface area contributed by atoms with E-state index in [2.05, 4.69) is 41.8 Å². The molecule has 2 aromatic rings. The summed E-state index contributed by atoms with van der Waals surface area (Å²) in [6.45, 7) is 3.11. The van der Waals surface area contributed by atoms with Crippen molar-refractivity contribution in [1.29, 1.82) is 0 Å². The molecule has 0 spiro atoms. The van der Waals surface area contributed by atoms with Gasteiger partial charge in [-0.3, -0.25) is 9.69 Å². The number of rotatable bonds is 4. The van der Waals surface area contributed by atoms with Crippen molar-refractivity contribution < 1.29 is 9.53 Å². The Kier molecular flexibility index (Phi) is 5.43. The van der Waals surface area contributed by atoms with Gasteiger partial charge in [-0.25, -0.2) is 0 Å². The number of ether oxygens (including phenoxy) is 1. The maximum atomic E-state index is 13.0. The summed E-state index contributed by atoms with van der Waals surface area (Å²) >= 11 is 8.11. The third-order valence-corrected chi connectivity index (χ3v) is 7.52. The highest BCUT2D eigenvalue weighted by Gasteiger charge is 2.25. The largest absolute Gasteiger partial charge is 0.379 e. The van der Waals surface area contributed by atoms with E-state index in [9.17, 15) is 4.79 Å². The second-order valence-electron chi connectivity index (χ2n) is 6.04. The summed E-state index contributed by atoms with van der Waals surface area (Å²) in [5, 5.41) is -0.0548. The molecule has 0 amide bonds. The molecule has 3 nitrogen and oxygen atoms in total. The smallest absolute Gasteiger partial charge is 0.166 e. The minimum absolute atomic E-state index is 0.0548. The molecule has 0 aromatic heterocycles. The Bertz CT molecular complexity index is 790. The number of nitrogens with zero attached hydrogens (tertiary/aromatic N) is 1. The molecule has 1 fully saturated rings. The Hall–Kier alpha value is -0.920. The Labute approximate surface area is 161 Å². The van der Waals surface area contributed by atoms with Crippen LogP contribution in [0.3, 0.4) is 0 Å². The van der Waals surface area contributed by atoms with E-state index in [0.717, 1.165) is 41.7 Å². The van der Waals surface area contributed by atoms with E-state index >= 15 is 0 Å². The number of Topliss-reactive ketones (excluding diaryl/α,β-unsaturated/α-hetero) is 1. The summed E-state index contributed by atoms with van der Waals surface area (Å²) in [6.07, 6.45) is 0.423. The number of benzene rings is 2. The van der Waals surface area contributed by atoms with Gasteiger partial charge >= 0.3 is 0 Å². The highest BCUT2D eigenvalue weighted by Crippen LogP contribution is 2.49. The number of ketones is 1. The number of carbonyl (C=O) groups is 1. The summed E-state index contributed by atoms with van der Waals surface area (Å²) in [5.41, 5.74) is 0.816. The molecule has 0 N–H and O–H groups in total. The second kappa shape index (κ2) is 7.76. The molecule has 2 aromatic carbocycles. The molecular weight excluding hydrogens is 370 g/mol. The van der Waals surface area contributed by atoms with Crippen LogP contribution >= 0.6 is 36.2 Å². The van der Waals surface area contributed by atoms with E-state index in [1.54, 1.807) is 23.5 Å². The predicted octanol–water partition coefficient (Wildman–Crippen LogP) is 4.46. The molecule has 0 saturated carbocycles. The molecule has 2 aliphatic rings. The Morgan fingerprint density at radius 2 is 1.72 bits per heavy atom. The van der Waals surface area contributed by atoms with E-state index in [-0.39, 0.29) is 11.2 Å². The Balaban J connectivity index is 1.54. The van der Waals surface area contributed by atoms with Crippen molar-refractivity contribution in [2.75, 3.05) is 26.3 Å². The van der Waals surface area contributed by atoms with Crippen LogP contribution in [0.1, 0.15) is 16.8 Å². The van der Waals surface area contributed by atoms with Crippen LogP contribution in [0.2, 0.25) is 0 Å². The first-order valence-electron chi connectivity index (χ1n) is 8.33. The lowest BCUT2D eigenvalue weighted by Crippen LogP contribution is -2.41. The molecule has 25 heavy (non-hydrogen) atoms. The fraction of sp³-hybridized carbons (Fsp3) is 0.316. The second-order valence-corrected chi connectivity index (χ2v) is 8.77. The molecule has 1 unspecified atom stereocenters. The van der Waals surface area contributed by atoms with Gasteiger partial charge in [0.2, 0.25) is 0 Å². The zero-order chi connectivity index (χ0) is 17.2. The SMILES string of the molecule is O=C(CC(S)N1CCOCC1)c1cccc2c1Sc1ccccc1S2. The van der Waals surface area contributed by atoms with E-state index in [4.69, 9.17) is 4.74 Å². The summed E-state index contributed by atoms with van der Waals surface area (Å²) < 4.78 is 5.38. The number of hydrogen-bond donors (Lipinski definition) is 1. The normalized spacial score (nSPS) is 18.3. The lowest BCUT2D eigenvalue weighted by Gasteiger charge is -2.31. The average molecular weight is 390 g/mol. The van der Waals surface area contributed by atoms with Crippen LogP contribution in [-0.4, -0.2) is 42.4 Å². The van der Waals surface area contributed by atoms with E-state index < -0.39 is 0 Å². The van der Waals surface area contributed by atoms with Gasteiger partial charge in [0.1, 0.15) is 0 Å². The molecule has 4 rings (SSSR count). The highest BCUT2D eigenvalue weighted by molar-refractivity contribution is 8.05. The van der Waals surface area contributed by atoms with Crippen LogP contribution in [0.4, 0.5) is 0 Å². The summed E-state index contributed by atoms with van der Waals surface area (Å²) in [7, 11) is 0. The van der Waals surface area contributed by atoms with Crippen molar-refractivity contribution in [3.63, 3.8) is 0 Å². The molecule has 0 aliphatic carbocycles. The fourth-order valence-corrected chi connectivity index (χ4v) is 5.84. The predicted molar refractivity (Wildman–Crippen MR) is 105 cm³/mol. The van der Waals surface area contributed by atoms with Crippen LogP contribution < -0.4 is 0 Å². The van der Waals surface area contributed by atoms with Crippen molar-refractivity contribution in [2.45, 2.75) is 31.4 Å². The fourth-order valence-electron chi connectivity index (χ4n) is 3.05. The highest BCUT2D eigenvalue weighted by atomic mass is 32.2. The number of hydrogen-bond acceptors (Lipinski definition) is 6. The summed E-state index contributed by atoms with van der Waals surface area (Å²) in [5.74, 6) is 0.163. The van der Waals surface area contributed by atoms with Crippen LogP contribution in [-0.2, 0) is 4.74 Å². The standard InChI is InChI=1S/C19H19NO2S3/c21-14(12-18(23)20-8-10-22-11-9-20)13-4-3-7-17-19(13)25-16-6-2-1-5-15(16)24-17/h1-7,18,23H,8-12H2. The maximum Gasteiger partial charge on any atom is 0.166 e. The molecule has 0 bridgehead atoms. The van der Waals surface area contributed by atoms with Gasteiger partial charge in [0.15, 0.2) is 5.78 Å². The van der Waals surface area contributed by atoms with Crippen LogP contribution in [0.5, 0.6) is 0 Å². The zero-order valence-corrected chi connectivity index (χ0v) is 16.2. The van der Waals surface area contributed by atoms with Crippen molar-refractivity contribution in [3.05, 3.63) is 48.0 Å². The number of fused-ring (bicyclic) bond motifs is 2. The summed E-state index contributed by atoms with van der Waals surface area (Å²) in [4.78, 5) is 19.9. The van der Waals surface area contributed by atoms with Gasteiger partial charge in [0, 0.05) is 44.7 Å². The molecule has 1 saturated heterocycles. The van der Waals surface area contributed by atoms with Crippen molar-refractivity contribution >= 4 is 41.9 Å². The quantitative estimate of drug-likeness (QED) is 0.526. The van der Waals surface area contributed by atoms with Crippen LogP contribution in [0, 0.1) is 0 Å². The lowest BCUT2D eigenvalue weighted by molar-refractivity contribution is 0.0315. The van der Waals surface area contributed by atoms with Crippen molar-refractivity contribution in [3.8, 4) is 0 Å². The molecule has 2 aliphatic heterocycles. The Morgan fingerprint density at radius 1 is 1.04 bits per heavy atom. The molecule has 0 radical (unpaired) electrons. The number of morpholine rings is 1. The van der Waals surface area contributed by atoms with Gasteiger partial charge in [-0.1, -0.05) is 47.8 Å². The number of carbonyl (C=O) groups excluding carboxylic acids is 1. The van der Waals surface area contributed by atoms with Gasteiger partial charge in [0.05, 0.1) is 18.6 Å². The lowest BCUT2D eigenvalue weighted by atomic mass is 10.1.